The number of aliphatic hydroxyl groups excluding tert-OH is 1. The molecule has 0 spiro atoms. The molecule has 1 aromatic carbocycles. The van der Waals surface area contributed by atoms with Crippen LogP contribution in [0, 0.1) is 0 Å². The van der Waals surface area contributed by atoms with E-state index in [1.807, 2.05) is 30.3 Å². The monoisotopic (exact) mass is 301 g/mol. The molecular weight excluding hydrogens is 282 g/mol. The number of hydrogen-bond acceptors (Lipinski definition) is 5. The summed E-state index contributed by atoms with van der Waals surface area (Å²) in [5.74, 6) is 0.245. The number of nitrogens with two attached hydrogens (primary N) is 1. The van der Waals surface area contributed by atoms with E-state index in [4.69, 9.17) is 15.6 Å². The molecule has 0 aliphatic carbocycles. The number of aliphatic hydroxyl groups is 1. The van der Waals surface area contributed by atoms with Gasteiger partial charge < -0.3 is 20.9 Å². The molecule has 0 aliphatic rings. The maximum Gasteiger partial charge on any atom is 0.239 e. The van der Waals surface area contributed by atoms with Crippen LogP contribution in [-0.2, 0) is 17.8 Å². The standard InChI is InChI=1S/C16H19N3O3/c17-15(16(21)19-11-20)8-13-6-7-14(9-18-13)22-10-12-4-2-1-3-5-12/h1-7,9,15,20H,8,10-11,17H2,(H,19,21). The van der Waals surface area contributed by atoms with Crippen LogP contribution in [0.2, 0.25) is 0 Å². The third-order valence-electron chi connectivity index (χ3n) is 3.07. The van der Waals surface area contributed by atoms with E-state index in [-0.39, 0.29) is 0 Å². The van der Waals surface area contributed by atoms with Gasteiger partial charge in [-0.15, -0.1) is 0 Å². The molecule has 6 nitrogen and oxygen atoms in total. The summed E-state index contributed by atoms with van der Waals surface area (Å²) in [7, 11) is 0. The first kappa shape index (κ1) is 15.9. The van der Waals surface area contributed by atoms with Crippen LogP contribution in [0.3, 0.4) is 0 Å². The molecule has 0 saturated heterocycles. The van der Waals surface area contributed by atoms with Gasteiger partial charge in [0.1, 0.15) is 19.1 Å². The predicted molar refractivity (Wildman–Crippen MR) is 81.9 cm³/mol. The van der Waals surface area contributed by atoms with Gasteiger partial charge in [0.2, 0.25) is 5.91 Å². The first-order valence-electron chi connectivity index (χ1n) is 6.95. The average molecular weight is 301 g/mol. The van der Waals surface area contributed by atoms with E-state index in [9.17, 15) is 4.79 Å². The van der Waals surface area contributed by atoms with E-state index in [1.54, 1.807) is 18.3 Å². The molecule has 2 aromatic rings. The maximum atomic E-state index is 11.4. The summed E-state index contributed by atoms with van der Waals surface area (Å²) >= 11 is 0. The van der Waals surface area contributed by atoms with E-state index in [1.165, 1.54) is 0 Å². The van der Waals surface area contributed by atoms with Crippen LogP contribution < -0.4 is 15.8 Å². The van der Waals surface area contributed by atoms with Gasteiger partial charge in [-0.25, -0.2) is 0 Å². The minimum atomic E-state index is -0.740. The molecule has 0 fully saturated rings. The molecule has 6 heteroatoms. The molecule has 1 aromatic heterocycles. The summed E-state index contributed by atoms with van der Waals surface area (Å²) in [6.07, 6.45) is 1.90. The fraction of sp³-hybridized carbons (Fsp3) is 0.250. The molecule has 0 bridgehead atoms. The number of ether oxygens (including phenoxy) is 1. The Kier molecular flexibility index (Phi) is 5.88. The van der Waals surface area contributed by atoms with Crippen molar-refractivity contribution < 1.29 is 14.6 Å². The van der Waals surface area contributed by atoms with Crippen molar-refractivity contribution in [3.8, 4) is 5.75 Å². The predicted octanol–water partition coefficient (Wildman–Crippen LogP) is 0.596. The lowest BCUT2D eigenvalue weighted by atomic mass is 10.1. The SMILES string of the molecule is NC(Cc1ccc(OCc2ccccc2)cn1)C(=O)NCO. The smallest absolute Gasteiger partial charge is 0.239 e. The molecular formula is C16H19N3O3. The first-order chi connectivity index (χ1) is 10.7. The van der Waals surface area contributed by atoms with Gasteiger partial charge >= 0.3 is 0 Å². The fourth-order valence-electron chi connectivity index (χ4n) is 1.88. The van der Waals surface area contributed by atoms with Crippen LogP contribution in [0.25, 0.3) is 0 Å². The molecule has 22 heavy (non-hydrogen) atoms. The Balaban J connectivity index is 1.86. The Morgan fingerprint density at radius 2 is 2.05 bits per heavy atom. The van der Waals surface area contributed by atoms with E-state index in [0.717, 1.165) is 5.56 Å². The topological polar surface area (TPSA) is 97.5 Å². The second kappa shape index (κ2) is 8.11. The lowest BCUT2D eigenvalue weighted by Gasteiger charge is -2.11. The van der Waals surface area contributed by atoms with Gasteiger partial charge in [-0.2, -0.15) is 0 Å². The van der Waals surface area contributed by atoms with Crippen molar-refractivity contribution in [2.45, 2.75) is 19.1 Å². The maximum absolute atomic E-state index is 11.4. The number of amides is 1. The van der Waals surface area contributed by atoms with Crippen molar-refractivity contribution >= 4 is 5.91 Å². The normalized spacial score (nSPS) is 11.7. The highest BCUT2D eigenvalue weighted by Crippen LogP contribution is 2.12. The van der Waals surface area contributed by atoms with Crippen LogP contribution in [-0.4, -0.2) is 28.8 Å². The second-order valence-corrected chi connectivity index (χ2v) is 4.77. The summed E-state index contributed by atoms with van der Waals surface area (Å²) in [5.41, 5.74) is 7.48. The Bertz CT molecular complexity index is 587. The van der Waals surface area contributed by atoms with E-state index in [2.05, 4.69) is 10.3 Å². The number of carbonyl (C=O) groups is 1. The Morgan fingerprint density at radius 1 is 1.27 bits per heavy atom. The lowest BCUT2D eigenvalue weighted by Crippen LogP contribution is -2.42. The van der Waals surface area contributed by atoms with Crippen LogP contribution in [0.15, 0.2) is 48.7 Å². The number of carbonyl (C=O) groups excluding carboxylic acids is 1. The van der Waals surface area contributed by atoms with Crippen molar-refractivity contribution in [2.24, 2.45) is 5.73 Å². The van der Waals surface area contributed by atoms with Gasteiger partial charge in [0.25, 0.3) is 0 Å². The van der Waals surface area contributed by atoms with Gasteiger partial charge in [0, 0.05) is 12.1 Å². The zero-order chi connectivity index (χ0) is 15.8. The molecule has 1 amide bonds. The Labute approximate surface area is 128 Å². The van der Waals surface area contributed by atoms with Gasteiger partial charge in [-0.05, 0) is 17.7 Å². The first-order valence-corrected chi connectivity index (χ1v) is 6.95. The van der Waals surface area contributed by atoms with Crippen LogP contribution >= 0.6 is 0 Å². The highest BCUT2D eigenvalue weighted by atomic mass is 16.5. The minimum absolute atomic E-state index is 0.296. The third kappa shape index (κ3) is 4.83. The largest absolute Gasteiger partial charge is 0.487 e. The van der Waals surface area contributed by atoms with Crippen LogP contribution in [0.4, 0.5) is 0 Å². The Morgan fingerprint density at radius 3 is 2.68 bits per heavy atom. The van der Waals surface area contributed by atoms with Crippen molar-refractivity contribution in [2.75, 3.05) is 6.73 Å². The quantitative estimate of drug-likeness (QED) is 0.651. The second-order valence-electron chi connectivity index (χ2n) is 4.77. The fourth-order valence-corrected chi connectivity index (χ4v) is 1.88. The number of benzene rings is 1. The van der Waals surface area contributed by atoms with Gasteiger partial charge in [-0.1, -0.05) is 30.3 Å². The van der Waals surface area contributed by atoms with Gasteiger partial charge in [0.15, 0.2) is 0 Å². The number of rotatable bonds is 7. The van der Waals surface area contributed by atoms with E-state index < -0.39 is 18.7 Å². The Hall–Kier alpha value is -2.44. The molecule has 0 saturated carbocycles. The number of aromatic nitrogens is 1. The molecule has 1 heterocycles. The number of nitrogens with one attached hydrogen (secondary N) is 1. The molecule has 2 rings (SSSR count). The summed E-state index contributed by atoms with van der Waals surface area (Å²) in [6, 6.07) is 12.7. The highest BCUT2D eigenvalue weighted by molar-refractivity contribution is 5.81. The van der Waals surface area contributed by atoms with Crippen molar-refractivity contribution in [1.82, 2.24) is 10.3 Å². The van der Waals surface area contributed by atoms with Crippen LogP contribution in [0.1, 0.15) is 11.3 Å². The molecule has 116 valence electrons. The number of nitrogens with zero attached hydrogens (tertiary/aromatic N) is 1. The molecule has 0 radical (unpaired) electrons. The number of hydrogen-bond donors (Lipinski definition) is 3. The zero-order valence-electron chi connectivity index (χ0n) is 12.1. The summed E-state index contributed by atoms with van der Waals surface area (Å²) < 4.78 is 5.63. The van der Waals surface area contributed by atoms with E-state index in [0.29, 0.717) is 24.5 Å². The summed E-state index contributed by atoms with van der Waals surface area (Å²) in [6.45, 7) is 0.0481. The number of pyridine rings is 1. The van der Waals surface area contributed by atoms with Gasteiger partial charge in [-0.3, -0.25) is 9.78 Å². The third-order valence-corrected chi connectivity index (χ3v) is 3.07. The molecule has 4 N–H and O–H groups in total. The molecule has 1 unspecified atom stereocenters. The lowest BCUT2D eigenvalue weighted by molar-refractivity contribution is -0.123. The molecule has 0 aliphatic heterocycles. The van der Waals surface area contributed by atoms with E-state index >= 15 is 0 Å². The van der Waals surface area contributed by atoms with Crippen LogP contribution in [0.5, 0.6) is 5.75 Å². The molecule has 1 atom stereocenters. The minimum Gasteiger partial charge on any atom is -0.487 e. The van der Waals surface area contributed by atoms with Crippen molar-refractivity contribution in [3.05, 3.63) is 59.9 Å². The highest BCUT2D eigenvalue weighted by Gasteiger charge is 2.13. The van der Waals surface area contributed by atoms with Crippen molar-refractivity contribution in [3.63, 3.8) is 0 Å². The average Bonchev–Trinajstić information content (AvgIpc) is 2.55. The summed E-state index contributed by atoms with van der Waals surface area (Å²) in [4.78, 5) is 15.7. The summed E-state index contributed by atoms with van der Waals surface area (Å²) in [5, 5.41) is 10.9. The van der Waals surface area contributed by atoms with Gasteiger partial charge in [0.05, 0.1) is 12.2 Å². The van der Waals surface area contributed by atoms with Crippen molar-refractivity contribution in [1.29, 1.82) is 0 Å². The zero-order valence-corrected chi connectivity index (χ0v) is 12.1.